The van der Waals surface area contributed by atoms with Gasteiger partial charge in [0.2, 0.25) is 5.91 Å². The largest absolute Gasteiger partial charge is 0.460 e. The Balaban J connectivity index is 0.899. The summed E-state index contributed by atoms with van der Waals surface area (Å²) in [4.78, 5) is 61.8. The van der Waals surface area contributed by atoms with Crippen LogP contribution in [0.2, 0.25) is 0 Å². The van der Waals surface area contributed by atoms with Gasteiger partial charge in [0.15, 0.2) is 18.1 Å². The minimum Gasteiger partial charge on any atom is -0.460 e. The third kappa shape index (κ3) is 10.0. The number of esters is 2. The molecule has 1 spiro atoms. The summed E-state index contributed by atoms with van der Waals surface area (Å²) in [5.41, 5.74) is 2.45. The van der Waals surface area contributed by atoms with E-state index in [0.29, 0.717) is 18.4 Å². The first-order valence-electron chi connectivity index (χ1n) is 23.7. The van der Waals surface area contributed by atoms with Gasteiger partial charge in [-0.1, -0.05) is 72.8 Å². The molecule has 4 saturated heterocycles. The summed E-state index contributed by atoms with van der Waals surface area (Å²) >= 11 is 0. The molecule has 0 radical (unpaired) electrons. The number of benzene rings is 3. The number of hydrogen-bond donors (Lipinski definition) is 7. The maximum absolute atomic E-state index is 15.0. The first-order chi connectivity index (χ1) is 33.5. The average Bonchev–Trinajstić information content (AvgIpc) is 4.02. The summed E-state index contributed by atoms with van der Waals surface area (Å²) in [6.07, 6.45) is -5.49. The van der Waals surface area contributed by atoms with E-state index in [2.05, 4.69) is 10.6 Å². The lowest BCUT2D eigenvalue weighted by Gasteiger charge is -2.48. The van der Waals surface area contributed by atoms with Crippen molar-refractivity contribution < 1.29 is 78.0 Å². The second-order valence-corrected chi connectivity index (χ2v) is 20.0. The van der Waals surface area contributed by atoms with Crippen LogP contribution >= 0.6 is 0 Å². The molecule has 376 valence electrons. The molecule has 9 rings (SSSR count). The Morgan fingerprint density at radius 3 is 2.34 bits per heavy atom. The molecule has 4 aliphatic heterocycles. The highest BCUT2D eigenvalue weighted by Gasteiger charge is 2.76. The minimum atomic E-state index is -1.55. The molecule has 2 amide bonds. The summed E-state index contributed by atoms with van der Waals surface area (Å²) in [6.45, 7) is 4.40. The highest BCUT2D eigenvalue weighted by molar-refractivity contribution is 5.95. The number of rotatable bonds is 16. The smallest absolute Gasteiger partial charge is 0.327 e. The van der Waals surface area contributed by atoms with Crippen molar-refractivity contribution in [2.24, 2.45) is 5.41 Å². The highest BCUT2D eigenvalue weighted by Crippen LogP contribution is 2.58. The Morgan fingerprint density at radius 1 is 0.914 bits per heavy atom. The topological polar surface area (TPSA) is 261 Å². The molecule has 1 saturated carbocycles. The number of hydrogen-bond acceptors (Lipinski definition) is 17. The van der Waals surface area contributed by atoms with Gasteiger partial charge in [-0.25, -0.2) is 0 Å². The van der Waals surface area contributed by atoms with Gasteiger partial charge in [0.1, 0.15) is 59.8 Å². The van der Waals surface area contributed by atoms with Crippen molar-refractivity contribution in [2.75, 3.05) is 19.8 Å². The molecule has 3 aromatic carbocycles. The van der Waals surface area contributed by atoms with Crippen LogP contribution in [-0.4, -0.2) is 153 Å². The molecular formula is C51H61N3O16. The Morgan fingerprint density at radius 2 is 1.64 bits per heavy atom. The van der Waals surface area contributed by atoms with Gasteiger partial charge in [-0.15, -0.1) is 0 Å². The highest BCUT2D eigenvalue weighted by atomic mass is 16.8. The Labute approximate surface area is 404 Å². The third-order valence-corrected chi connectivity index (χ3v) is 13.9. The fraction of sp³-hybridized carbons (Fsp3) is 0.529. The van der Waals surface area contributed by atoms with Crippen molar-refractivity contribution in [1.29, 1.82) is 0 Å². The van der Waals surface area contributed by atoms with Crippen molar-refractivity contribution in [3.63, 3.8) is 0 Å². The molecular weight excluding hydrogens is 911 g/mol. The van der Waals surface area contributed by atoms with Crippen molar-refractivity contribution >= 4 is 29.8 Å². The molecule has 19 nitrogen and oxygen atoms in total. The van der Waals surface area contributed by atoms with Crippen molar-refractivity contribution in [3.05, 3.63) is 112 Å². The quantitative estimate of drug-likeness (QED) is 0.0993. The van der Waals surface area contributed by atoms with Crippen LogP contribution in [-0.2, 0) is 73.6 Å². The molecule has 0 aromatic heterocycles. The molecule has 2 aliphatic carbocycles. The molecule has 19 heteroatoms. The van der Waals surface area contributed by atoms with E-state index < -0.39 is 114 Å². The number of carbonyl (C=O) groups is 4. The number of carbonyl (C=O) groups excluding carboxylic acids is 4. The van der Waals surface area contributed by atoms with Crippen molar-refractivity contribution in [1.82, 2.24) is 15.7 Å². The Bertz CT molecular complexity index is 2420. The van der Waals surface area contributed by atoms with E-state index in [1.54, 1.807) is 57.2 Å². The number of fused-ring (bicyclic) bond motifs is 5. The maximum atomic E-state index is 15.0. The van der Waals surface area contributed by atoms with Gasteiger partial charge in [-0.3, -0.25) is 24.0 Å². The van der Waals surface area contributed by atoms with Crippen LogP contribution in [0.5, 0.6) is 0 Å². The van der Waals surface area contributed by atoms with Crippen LogP contribution < -0.4 is 10.6 Å². The van der Waals surface area contributed by atoms with E-state index in [1.165, 1.54) is 5.06 Å². The van der Waals surface area contributed by atoms with E-state index in [-0.39, 0.29) is 51.1 Å². The van der Waals surface area contributed by atoms with Crippen LogP contribution in [0.15, 0.2) is 78.9 Å². The molecule has 0 unspecified atom stereocenters. The summed E-state index contributed by atoms with van der Waals surface area (Å²) in [7, 11) is 0. The van der Waals surface area contributed by atoms with Gasteiger partial charge in [0.25, 0.3) is 5.91 Å². The number of aliphatic hydroxyl groups is 5. The van der Waals surface area contributed by atoms with Gasteiger partial charge < -0.3 is 64.6 Å². The predicted molar refractivity (Wildman–Crippen MR) is 244 cm³/mol. The molecule has 7 N–H and O–H groups in total. The lowest BCUT2D eigenvalue weighted by atomic mass is 9.62. The molecule has 3 aromatic rings. The van der Waals surface area contributed by atoms with Gasteiger partial charge in [-0.2, -0.15) is 5.06 Å². The van der Waals surface area contributed by atoms with Gasteiger partial charge in [0, 0.05) is 37.8 Å². The van der Waals surface area contributed by atoms with E-state index >= 15 is 4.79 Å². The molecule has 6 aliphatic rings. The fourth-order valence-electron chi connectivity index (χ4n) is 10.5. The maximum Gasteiger partial charge on any atom is 0.327 e. The van der Waals surface area contributed by atoms with E-state index in [0.717, 1.165) is 22.3 Å². The van der Waals surface area contributed by atoms with Crippen LogP contribution in [0.4, 0.5) is 0 Å². The number of ether oxygens (including phenoxy) is 6. The van der Waals surface area contributed by atoms with Crippen LogP contribution in [0.3, 0.4) is 0 Å². The number of amides is 2. The van der Waals surface area contributed by atoms with Crippen molar-refractivity contribution in [3.8, 4) is 0 Å². The summed E-state index contributed by atoms with van der Waals surface area (Å²) in [5, 5.41) is 57.2. The molecule has 4 heterocycles. The number of nitrogens with zero attached hydrogens (tertiary/aromatic N) is 1. The monoisotopic (exact) mass is 971 g/mol. The normalized spacial score (nSPS) is 31.2. The van der Waals surface area contributed by atoms with E-state index in [4.69, 9.17) is 33.3 Å². The van der Waals surface area contributed by atoms with Crippen LogP contribution in [0, 0.1) is 5.41 Å². The van der Waals surface area contributed by atoms with Crippen LogP contribution in [0.25, 0.3) is 6.08 Å². The van der Waals surface area contributed by atoms with Crippen LogP contribution in [0.1, 0.15) is 78.2 Å². The Kier molecular flexibility index (Phi) is 14.3. The number of hydroxylamine groups is 2. The first kappa shape index (κ1) is 49.8. The minimum absolute atomic E-state index is 0.00313. The predicted octanol–water partition coefficient (Wildman–Crippen LogP) is 1.12. The average molecular weight is 972 g/mol. The first-order valence-corrected chi connectivity index (χ1v) is 23.7. The molecule has 70 heavy (non-hydrogen) atoms. The third-order valence-electron chi connectivity index (χ3n) is 13.9. The number of aliphatic hydroxyl groups excluding tert-OH is 5. The lowest BCUT2D eigenvalue weighted by Crippen LogP contribution is -2.69. The van der Waals surface area contributed by atoms with E-state index in [1.807, 2.05) is 48.5 Å². The standard InChI is InChI=1S/C51H61N3O16/c1-49(2,3)67-37(57)18-17-34(26-55)53-45(61)31-12-6-8-30(20-31)24-52-48(63)51-23-35-41-42(69-50(68-41)21-32-10-4-5-11-33(32)22-50)44(51)70-54(43(51)46(62)65-35)25-29-15-13-28(14-16-29)9-7-19-64-47-40(60)39(59)38(58)36(27-56)66-47/h4-16,20,34-36,38-44,47,55-56,58-60H,17-19,21-27H2,1-3H3,(H,52,63)(H,53,61)/t34-,35+,36+,38-,39-,40+,41-,42-,43-,44+,47-,51-/m0/s1. The van der Waals surface area contributed by atoms with Gasteiger partial charge in [-0.05, 0) is 67.1 Å². The van der Waals surface area contributed by atoms with Gasteiger partial charge >= 0.3 is 11.9 Å². The summed E-state index contributed by atoms with van der Waals surface area (Å²) < 4.78 is 36.1. The Hall–Kier alpha value is -5.16. The summed E-state index contributed by atoms with van der Waals surface area (Å²) in [5.74, 6) is -3.03. The lowest BCUT2D eigenvalue weighted by molar-refractivity contribution is -0.298. The SMILES string of the molecule is CC(C)(C)OC(=O)CC[C@@H](CO)NC(=O)c1cccc(CNC(=O)[C@@]23C[C@H]4OC(=O)[C@@H]2N(Cc2ccc(C=CCO[C@H]5O[C@H](CO)[C@H](O)[C@H](O)[C@H]5O)cc2)O[C@@H]3[C@H]2OC3(Cc5ccccc5C3)O[C@H]24)c1. The second kappa shape index (κ2) is 20.2. The number of nitrogens with one attached hydrogen (secondary N) is 2. The fourth-order valence-corrected chi connectivity index (χ4v) is 10.5. The zero-order chi connectivity index (χ0) is 49.5. The zero-order valence-electron chi connectivity index (χ0n) is 39.2. The molecule has 12 atom stereocenters. The molecule has 5 fully saturated rings. The zero-order valence-corrected chi connectivity index (χ0v) is 39.2. The second-order valence-electron chi connectivity index (χ2n) is 20.0. The molecule has 2 bridgehead atoms. The van der Waals surface area contributed by atoms with Gasteiger partial charge in [0.05, 0.1) is 32.4 Å². The van der Waals surface area contributed by atoms with Crippen molar-refractivity contribution in [2.45, 2.75) is 145 Å². The summed E-state index contributed by atoms with van der Waals surface area (Å²) in [6, 6.07) is 20.2. The van der Waals surface area contributed by atoms with E-state index in [9.17, 15) is 39.9 Å².